The first-order valence-corrected chi connectivity index (χ1v) is 7.59. The van der Waals surface area contributed by atoms with Gasteiger partial charge in [0.1, 0.15) is 5.01 Å². The lowest BCUT2D eigenvalue weighted by Crippen LogP contribution is -2.25. The van der Waals surface area contributed by atoms with Gasteiger partial charge in [-0.25, -0.2) is 0 Å². The van der Waals surface area contributed by atoms with Crippen molar-refractivity contribution in [3.05, 3.63) is 10.8 Å². The number of hydrogen-bond donors (Lipinski definition) is 1. The highest BCUT2D eigenvalue weighted by molar-refractivity contribution is 7.16. The van der Waals surface area contributed by atoms with Crippen LogP contribution in [0.2, 0.25) is 0 Å². The van der Waals surface area contributed by atoms with E-state index in [2.05, 4.69) is 15.3 Å². The number of nitrogens with zero attached hydrogens (tertiary/aromatic N) is 4. The quantitative estimate of drug-likeness (QED) is 0.912. The maximum atomic E-state index is 6.16. The molecule has 5 nitrogen and oxygen atoms in total. The molecule has 0 bridgehead atoms. The smallest absolute Gasteiger partial charge is 0.234 e. The van der Waals surface area contributed by atoms with Crippen LogP contribution in [0, 0.1) is 5.92 Å². The monoisotopic (exact) mass is 263 g/mol. The zero-order valence-corrected chi connectivity index (χ0v) is 11.1. The minimum atomic E-state index is 0.279. The van der Waals surface area contributed by atoms with Gasteiger partial charge in [0, 0.05) is 18.4 Å². The van der Waals surface area contributed by atoms with Crippen molar-refractivity contribution in [2.45, 2.75) is 50.5 Å². The van der Waals surface area contributed by atoms with E-state index in [4.69, 9.17) is 5.73 Å². The molecule has 2 heterocycles. The van der Waals surface area contributed by atoms with Crippen molar-refractivity contribution < 1.29 is 0 Å². The van der Waals surface area contributed by atoms with Gasteiger partial charge in [-0.2, -0.15) is 9.61 Å². The Kier molecular flexibility index (Phi) is 2.41. The predicted molar refractivity (Wildman–Crippen MR) is 69.7 cm³/mol. The third kappa shape index (κ3) is 1.75. The van der Waals surface area contributed by atoms with E-state index in [0.717, 1.165) is 28.1 Å². The molecular weight excluding hydrogens is 246 g/mol. The minimum absolute atomic E-state index is 0.279. The lowest BCUT2D eigenvalue weighted by atomic mass is 9.85. The molecule has 2 aromatic rings. The summed E-state index contributed by atoms with van der Waals surface area (Å²) in [5, 5.41) is 14.3. The summed E-state index contributed by atoms with van der Waals surface area (Å²) in [7, 11) is 0. The fourth-order valence-corrected chi connectivity index (χ4v) is 3.48. The summed E-state index contributed by atoms with van der Waals surface area (Å²) >= 11 is 1.64. The summed E-state index contributed by atoms with van der Waals surface area (Å²) in [6.45, 7) is 0. The summed E-state index contributed by atoms with van der Waals surface area (Å²) in [6, 6.07) is 0.279. The molecule has 1 atom stereocenters. The average Bonchev–Trinajstić information content (AvgIpc) is 2.96. The molecule has 0 saturated heterocycles. The van der Waals surface area contributed by atoms with Gasteiger partial charge in [0.2, 0.25) is 4.96 Å². The molecule has 96 valence electrons. The first-order valence-electron chi connectivity index (χ1n) is 6.78. The maximum Gasteiger partial charge on any atom is 0.234 e. The van der Waals surface area contributed by atoms with Crippen molar-refractivity contribution in [2.24, 2.45) is 11.7 Å². The highest BCUT2D eigenvalue weighted by atomic mass is 32.1. The Hall–Kier alpha value is -1.01. The normalized spacial score (nSPS) is 22.3. The van der Waals surface area contributed by atoms with Crippen molar-refractivity contribution in [2.75, 3.05) is 0 Å². The van der Waals surface area contributed by atoms with Crippen molar-refractivity contribution in [3.63, 3.8) is 0 Å². The van der Waals surface area contributed by atoms with Crippen LogP contribution in [0.15, 0.2) is 0 Å². The number of nitrogens with two attached hydrogens (primary N) is 1. The molecule has 0 amide bonds. The van der Waals surface area contributed by atoms with Gasteiger partial charge >= 0.3 is 0 Å². The van der Waals surface area contributed by atoms with E-state index in [0.29, 0.717) is 5.92 Å². The van der Waals surface area contributed by atoms with E-state index in [1.165, 1.54) is 32.1 Å². The third-order valence-corrected chi connectivity index (χ3v) is 5.09. The second-order valence-corrected chi connectivity index (χ2v) is 6.62. The molecule has 2 aliphatic carbocycles. The zero-order valence-electron chi connectivity index (χ0n) is 10.2. The van der Waals surface area contributed by atoms with Crippen molar-refractivity contribution in [1.29, 1.82) is 0 Å². The van der Waals surface area contributed by atoms with Gasteiger partial charge in [-0.1, -0.05) is 17.8 Å². The van der Waals surface area contributed by atoms with Crippen LogP contribution in [0.3, 0.4) is 0 Å². The Balaban J connectivity index is 1.60. The lowest BCUT2D eigenvalue weighted by Gasteiger charge is -2.22. The molecule has 0 aromatic carbocycles. The lowest BCUT2D eigenvalue weighted by molar-refractivity contribution is 0.394. The van der Waals surface area contributed by atoms with E-state index in [-0.39, 0.29) is 6.04 Å². The summed E-state index contributed by atoms with van der Waals surface area (Å²) in [4.78, 5) is 0.926. The molecule has 2 fully saturated rings. The minimum Gasteiger partial charge on any atom is -0.327 e. The van der Waals surface area contributed by atoms with Crippen LogP contribution in [-0.4, -0.2) is 25.9 Å². The van der Waals surface area contributed by atoms with Gasteiger partial charge < -0.3 is 5.73 Å². The van der Waals surface area contributed by atoms with Crippen molar-refractivity contribution in [1.82, 2.24) is 19.8 Å². The molecule has 2 saturated carbocycles. The number of aromatic nitrogens is 4. The average molecular weight is 263 g/mol. The standard InChI is InChI=1S/C12H17N5S/c13-9(7-4-5-7)6-10-16-17-11(8-2-1-3-8)14-15-12(17)18-10/h7-9H,1-6,13H2. The number of hydrogen-bond acceptors (Lipinski definition) is 5. The molecule has 0 radical (unpaired) electrons. The summed E-state index contributed by atoms with van der Waals surface area (Å²) in [6.07, 6.45) is 7.24. The molecule has 2 aliphatic rings. The Bertz CT molecular complexity index is 566. The Morgan fingerprint density at radius 2 is 2.11 bits per heavy atom. The van der Waals surface area contributed by atoms with Crippen LogP contribution in [0.5, 0.6) is 0 Å². The first-order chi connectivity index (χ1) is 8.81. The van der Waals surface area contributed by atoms with Gasteiger partial charge in [0.15, 0.2) is 5.82 Å². The van der Waals surface area contributed by atoms with Gasteiger partial charge in [0.05, 0.1) is 0 Å². The van der Waals surface area contributed by atoms with Gasteiger partial charge in [0.25, 0.3) is 0 Å². The SMILES string of the molecule is NC(Cc1nn2c(C3CCC3)nnc2s1)C1CC1. The Morgan fingerprint density at radius 1 is 1.28 bits per heavy atom. The highest BCUT2D eigenvalue weighted by Gasteiger charge is 2.30. The van der Waals surface area contributed by atoms with Crippen LogP contribution in [0.4, 0.5) is 0 Å². The van der Waals surface area contributed by atoms with Crippen LogP contribution in [0.1, 0.15) is 48.9 Å². The van der Waals surface area contributed by atoms with E-state index < -0.39 is 0 Å². The summed E-state index contributed by atoms with van der Waals surface area (Å²) < 4.78 is 1.95. The maximum absolute atomic E-state index is 6.16. The van der Waals surface area contributed by atoms with Crippen molar-refractivity contribution >= 4 is 16.3 Å². The predicted octanol–water partition coefficient (Wildman–Crippen LogP) is 1.73. The molecule has 2 N–H and O–H groups in total. The largest absolute Gasteiger partial charge is 0.327 e. The molecule has 6 heteroatoms. The van der Waals surface area contributed by atoms with Crippen LogP contribution in [0.25, 0.3) is 4.96 Å². The number of rotatable bonds is 4. The van der Waals surface area contributed by atoms with Crippen LogP contribution >= 0.6 is 11.3 Å². The van der Waals surface area contributed by atoms with E-state index in [9.17, 15) is 0 Å². The molecule has 1 unspecified atom stereocenters. The Labute approximate surface area is 109 Å². The van der Waals surface area contributed by atoms with E-state index >= 15 is 0 Å². The van der Waals surface area contributed by atoms with Crippen molar-refractivity contribution in [3.8, 4) is 0 Å². The molecular formula is C12H17N5S. The van der Waals surface area contributed by atoms with Gasteiger partial charge in [-0.05, 0) is 31.6 Å². The van der Waals surface area contributed by atoms with E-state index in [1.54, 1.807) is 11.3 Å². The third-order valence-electron chi connectivity index (χ3n) is 4.16. The van der Waals surface area contributed by atoms with Gasteiger partial charge in [-0.15, -0.1) is 10.2 Å². The second-order valence-electron chi connectivity index (χ2n) is 5.58. The highest BCUT2D eigenvalue weighted by Crippen LogP contribution is 2.36. The molecule has 2 aromatic heterocycles. The fourth-order valence-electron chi connectivity index (χ4n) is 2.57. The van der Waals surface area contributed by atoms with E-state index in [1.807, 2.05) is 4.52 Å². The Morgan fingerprint density at radius 3 is 2.78 bits per heavy atom. The summed E-state index contributed by atoms with van der Waals surface area (Å²) in [5.74, 6) is 2.36. The van der Waals surface area contributed by atoms with Crippen LogP contribution < -0.4 is 5.73 Å². The fraction of sp³-hybridized carbons (Fsp3) is 0.750. The molecule has 0 aliphatic heterocycles. The van der Waals surface area contributed by atoms with Gasteiger partial charge in [-0.3, -0.25) is 0 Å². The second kappa shape index (κ2) is 3.99. The van der Waals surface area contributed by atoms with Crippen LogP contribution in [-0.2, 0) is 6.42 Å². The zero-order chi connectivity index (χ0) is 12.1. The molecule has 0 spiro atoms. The number of fused-ring (bicyclic) bond motifs is 1. The molecule has 4 rings (SSSR count). The first kappa shape index (κ1) is 10.9. The molecule has 18 heavy (non-hydrogen) atoms. The topological polar surface area (TPSA) is 69.1 Å². The summed E-state index contributed by atoms with van der Waals surface area (Å²) in [5.41, 5.74) is 6.16.